The van der Waals surface area contributed by atoms with Crippen molar-refractivity contribution in [3.8, 4) is 0 Å². The van der Waals surface area contributed by atoms with Crippen molar-refractivity contribution >= 4 is 23.8 Å². The van der Waals surface area contributed by atoms with Crippen molar-refractivity contribution in [3.63, 3.8) is 0 Å². The highest BCUT2D eigenvalue weighted by atomic mass is 16.5. The molecule has 5 fully saturated rings. The maximum Gasteiger partial charge on any atom is 0.325 e. The van der Waals surface area contributed by atoms with E-state index in [4.69, 9.17) is 4.74 Å². The molecule has 0 aromatic heterocycles. The molecule has 5 aliphatic rings. The van der Waals surface area contributed by atoms with Crippen molar-refractivity contribution in [1.82, 2.24) is 15.5 Å². The Hall–Kier alpha value is -2.12. The fourth-order valence-electron chi connectivity index (χ4n) is 6.22. The van der Waals surface area contributed by atoms with Crippen LogP contribution in [0, 0.1) is 17.8 Å². The summed E-state index contributed by atoms with van der Waals surface area (Å²) in [5.74, 6) is 1.19. The van der Waals surface area contributed by atoms with E-state index in [1.807, 2.05) is 0 Å². The van der Waals surface area contributed by atoms with Gasteiger partial charge in [0.1, 0.15) is 5.54 Å². The Labute approximate surface area is 171 Å². The molecule has 0 aromatic carbocycles. The molecular formula is C21H31N3O5. The second-order valence-corrected chi connectivity index (χ2v) is 10.0. The summed E-state index contributed by atoms with van der Waals surface area (Å²) in [6, 6.07) is -0.441. The molecule has 8 heteroatoms. The lowest BCUT2D eigenvalue weighted by atomic mass is 9.53. The van der Waals surface area contributed by atoms with E-state index in [2.05, 4.69) is 10.6 Å². The Morgan fingerprint density at radius 1 is 1.10 bits per heavy atom. The molecule has 0 atom stereocenters. The number of urea groups is 1. The highest BCUT2D eigenvalue weighted by Crippen LogP contribution is 2.55. The van der Waals surface area contributed by atoms with E-state index in [0.29, 0.717) is 6.42 Å². The van der Waals surface area contributed by atoms with Crippen LogP contribution >= 0.6 is 0 Å². The van der Waals surface area contributed by atoms with Gasteiger partial charge in [-0.1, -0.05) is 0 Å². The SMILES string of the molecule is CC1(C)NC(=O)N(CCCC(=O)OCC(=O)NC23CC4CC(CC(C4)C2)C3)C1=O. The molecule has 8 nitrogen and oxygen atoms in total. The maximum absolute atomic E-state index is 12.4. The molecule has 1 heterocycles. The summed E-state index contributed by atoms with van der Waals surface area (Å²) in [6.45, 7) is 3.17. The lowest BCUT2D eigenvalue weighted by molar-refractivity contribution is -0.150. The highest BCUT2D eigenvalue weighted by molar-refractivity contribution is 6.06. The summed E-state index contributed by atoms with van der Waals surface area (Å²) in [4.78, 5) is 49.4. The van der Waals surface area contributed by atoms with Crippen LogP contribution in [0.4, 0.5) is 4.79 Å². The second-order valence-electron chi connectivity index (χ2n) is 10.0. The maximum atomic E-state index is 12.4. The normalized spacial score (nSPS) is 34.3. The molecule has 2 N–H and O–H groups in total. The first kappa shape index (κ1) is 20.2. The molecule has 4 bridgehead atoms. The topological polar surface area (TPSA) is 105 Å². The van der Waals surface area contributed by atoms with E-state index in [1.54, 1.807) is 13.8 Å². The number of amides is 4. The van der Waals surface area contributed by atoms with Crippen LogP contribution in [-0.4, -0.2) is 52.9 Å². The Bertz CT molecular complexity index is 697. The van der Waals surface area contributed by atoms with Crippen LogP contribution in [0.15, 0.2) is 0 Å². The van der Waals surface area contributed by atoms with Crippen molar-refractivity contribution in [2.75, 3.05) is 13.2 Å². The fourth-order valence-corrected chi connectivity index (χ4v) is 6.22. The molecule has 160 valence electrons. The van der Waals surface area contributed by atoms with Gasteiger partial charge in [-0.3, -0.25) is 19.3 Å². The van der Waals surface area contributed by atoms with E-state index in [-0.39, 0.29) is 36.9 Å². The molecular weight excluding hydrogens is 374 g/mol. The summed E-state index contributed by atoms with van der Waals surface area (Å²) in [7, 11) is 0. The van der Waals surface area contributed by atoms with Gasteiger partial charge >= 0.3 is 12.0 Å². The molecule has 0 unspecified atom stereocenters. The largest absolute Gasteiger partial charge is 0.456 e. The summed E-state index contributed by atoms with van der Waals surface area (Å²) < 4.78 is 5.12. The molecule has 4 saturated carbocycles. The first-order valence-electron chi connectivity index (χ1n) is 10.8. The van der Waals surface area contributed by atoms with Crippen LogP contribution in [0.25, 0.3) is 0 Å². The van der Waals surface area contributed by atoms with Gasteiger partial charge in [-0.2, -0.15) is 0 Å². The summed E-state index contributed by atoms with van der Waals surface area (Å²) in [5.41, 5.74) is -0.999. The van der Waals surface area contributed by atoms with Crippen LogP contribution in [0.2, 0.25) is 0 Å². The van der Waals surface area contributed by atoms with Gasteiger partial charge in [0.2, 0.25) is 0 Å². The van der Waals surface area contributed by atoms with E-state index in [0.717, 1.165) is 41.9 Å². The Morgan fingerprint density at radius 3 is 2.21 bits per heavy atom. The van der Waals surface area contributed by atoms with Crippen molar-refractivity contribution in [2.45, 2.75) is 76.3 Å². The third-order valence-corrected chi connectivity index (χ3v) is 7.01. The van der Waals surface area contributed by atoms with Crippen LogP contribution in [-0.2, 0) is 19.1 Å². The smallest absolute Gasteiger partial charge is 0.325 e. The second kappa shape index (κ2) is 7.29. The number of hydrogen-bond acceptors (Lipinski definition) is 5. The van der Waals surface area contributed by atoms with Crippen molar-refractivity contribution < 1.29 is 23.9 Å². The van der Waals surface area contributed by atoms with Crippen molar-refractivity contribution in [1.29, 1.82) is 0 Å². The predicted octanol–water partition coefficient (Wildman–Crippen LogP) is 1.73. The fraction of sp³-hybridized carbons (Fsp3) is 0.810. The number of ether oxygens (including phenoxy) is 1. The predicted molar refractivity (Wildman–Crippen MR) is 104 cm³/mol. The Balaban J connectivity index is 1.17. The van der Waals surface area contributed by atoms with Crippen LogP contribution in [0.1, 0.15) is 65.2 Å². The zero-order valence-electron chi connectivity index (χ0n) is 17.3. The number of nitrogens with one attached hydrogen (secondary N) is 2. The minimum atomic E-state index is -0.910. The van der Waals surface area contributed by atoms with E-state index < -0.39 is 17.5 Å². The molecule has 0 radical (unpaired) electrons. The van der Waals surface area contributed by atoms with Gasteiger partial charge in [0.25, 0.3) is 11.8 Å². The number of hydrogen-bond donors (Lipinski definition) is 2. The lowest BCUT2D eigenvalue weighted by Crippen LogP contribution is -2.60. The highest BCUT2D eigenvalue weighted by Gasteiger charge is 2.51. The van der Waals surface area contributed by atoms with Gasteiger partial charge < -0.3 is 15.4 Å². The van der Waals surface area contributed by atoms with Gasteiger partial charge in [0, 0.05) is 18.5 Å². The van der Waals surface area contributed by atoms with Crippen LogP contribution in [0.5, 0.6) is 0 Å². The van der Waals surface area contributed by atoms with Gasteiger partial charge in [0.15, 0.2) is 6.61 Å². The molecule has 5 rings (SSSR count). The summed E-state index contributed by atoms with van der Waals surface area (Å²) in [5, 5.41) is 5.78. The van der Waals surface area contributed by atoms with Gasteiger partial charge in [-0.15, -0.1) is 0 Å². The molecule has 4 amide bonds. The number of carbonyl (C=O) groups excluding carboxylic acids is 4. The third-order valence-electron chi connectivity index (χ3n) is 7.01. The zero-order chi connectivity index (χ0) is 20.8. The lowest BCUT2D eigenvalue weighted by Gasteiger charge is -2.56. The zero-order valence-corrected chi connectivity index (χ0v) is 17.3. The quantitative estimate of drug-likeness (QED) is 0.496. The summed E-state index contributed by atoms with van der Waals surface area (Å²) in [6.07, 6.45) is 7.45. The minimum Gasteiger partial charge on any atom is -0.456 e. The number of nitrogens with zero attached hydrogens (tertiary/aromatic N) is 1. The van der Waals surface area contributed by atoms with E-state index in [9.17, 15) is 19.2 Å². The van der Waals surface area contributed by atoms with Gasteiger partial charge in [0.05, 0.1) is 0 Å². The summed E-state index contributed by atoms with van der Waals surface area (Å²) >= 11 is 0. The molecule has 4 aliphatic carbocycles. The number of imide groups is 1. The molecule has 1 aliphatic heterocycles. The molecule has 1 saturated heterocycles. The number of esters is 1. The average Bonchev–Trinajstić information content (AvgIpc) is 2.80. The van der Waals surface area contributed by atoms with Gasteiger partial charge in [-0.05, 0) is 76.5 Å². The van der Waals surface area contributed by atoms with Crippen molar-refractivity contribution in [2.24, 2.45) is 17.8 Å². The first-order chi connectivity index (χ1) is 13.7. The molecule has 0 aromatic rings. The third kappa shape index (κ3) is 4.12. The Morgan fingerprint density at radius 2 is 1.69 bits per heavy atom. The minimum absolute atomic E-state index is 0.0577. The standard InChI is InChI=1S/C21H31N3O5/c1-20(2)18(27)24(19(28)23-20)5-3-4-17(26)29-12-16(25)22-21-9-13-6-14(10-21)8-15(7-13)11-21/h13-15H,3-12H2,1-2H3,(H,22,25)(H,23,28). The average molecular weight is 405 g/mol. The molecule has 29 heavy (non-hydrogen) atoms. The van der Waals surface area contributed by atoms with E-state index >= 15 is 0 Å². The van der Waals surface area contributed by atoms with Crippen LogP contribution in [0.3, 0.4) is 0 Å². The number of carbonyl (C=O) groups is 4. The monoisotopic (exact) mass is 405 g/mol. The molecule has 0 spiro atoms. The van der Waals surface area contributed by atoms with Gasteiger partial charge in [-0.25, -0.2) is 4.79 Å². The number of rotatable bonds is 7. The first-order valence-corrected chi connectivity index (χ1v) is 10.8. The van der Waals surface area contributed by atoms with E-state index in [1.165, 1.54) is 19.3 Å². The van der Waals surface area contributed by atoms with Crippen molar-refractivity contribution in [3.05, 3.63) is 0 Å². The van der Waals surface area contributed by atoms with Crippen LogP contribution < -0.4 is 10.6 Å². The Kier molecular flexibility index (Phi) is 5.07.